The van der Waals surface area contributed by atoms with E-state index in [9.17, 15) is 0 Å². The number of piperidine rings is 1. The Morgan fingerprint density at radius 2 is 2.13 bits per heavy atom. The van der Waals surface area contributed by atoms with E-state index in [0.717, 1.165) is 43.3 Å². The summed E-state index contributed by atoms with van der Waals surface area (Å²) in [5.41, 5.74) is 2.13. The third kappa shape index (κ3) is 2.88. The van der Waals surface area contributed by atoms with Crippen LogP contribution in [0.2, 0.25) is 0 Å². The van der Waals surface area contributed by atoms with E-state index in [0.29, 0.717) is 6.04 Å². The van der Waals surface area contributed by atoms with Gasteiger partial charge in [0, 0.05) is 12.7 Å². The maximum absolute atomic E-state index is 5.00. The standard InChI is InChI=1S/C18H27N5/c1-2-22-12-4-6-16(22)18-21-15-5-3-9-20-17(15)23(18)13-14-7-10-19-11-8-14/h3,5,9,14,16,19H,2,4,6-8,10-13H2,1H3. The van der Waals surface area contributed by atoms with Crippen LogP contribution in [0, 0.1) is 5.92 Å². The summed E-state index contributed by atoms with van der Waals surface area (Å²) >= 11 is 0. The van der Waals surface area contributed by atoms with Crippen molar-refractivity contribution in [2.45, 2.75) is 45.2 Å². The van der Waals surface area contributed by atoms with Gasteiger partial charge in [-0.1, -0.05) is 6.92 Å². The van der Waals surface area contributed by atoms with Crippen molar-refractivity contribution in [3.8, 4) is 0 Å². The average molecular weight is 313 g/mol. The molecular weight excluding hydrogens is 286 g/mol. The number of nitrogens with one attached hydrogen (secondary N) is 1. The van der Waals surface area contributed by atoms with Crippen LogP contribution >= 0.6 is 0 Å². The number of nitrogens with zero attached hydrogens (tertiary/aromatic N) is 4. The highest BCUT2D eigenvalue weighted by molar-refractivity contribution is 5.71. The molecule has 23 heavy (non-hydrogen) atoms. The maximum Gasteiger partial charge on any atom is 0.160 e. The molecule has 2 aliphatic rings. The zero-order valence-electron chi connectivity index (χ0n) is 14.0. The van der Waals surface area contributed by atoms with Crippen molar-refractivity contribution in [2.24, 2.45) is 5.92 Å². The van der Waals surface area contributed by atoms with Crippen LogP contribution in [0.4, 0.5) is 0 Å². The number of hydrogen-bond acceptors (Lipinski definition) is 4. The molecular formula is C18H27N5. The predicted molar refractivity (Wildman–Crippen MR) is 92.3 cm³/mol. The summed E-state index contributed by atoms with van der Waals surface area (Å²) in [6.07, 6.45) is 6.92. The van der Waals surface area contributed by atoms with Crippen LogP contribution in [-0.2, 0) is 6.54 Å². The highest BCUT2D eigenvalue weighted by Crippen LogP contribution is 2.33. The Hall–Kier alpha value is -1.46. The normalized spacial score (nSPS) is 23.8. The lowest BCUT2D eigenvalue weighted by molar-refractivity contribution is 0.250. The molecule has 0 aliphatic carbocycles. The van der Waals surface area contributed by atoms with Gasteiger partial charge in [0.1, 0.15) is 11.3 Å². The van der Waals surface area contributed by atoms with Crippen LogP contribution in [0.25, 0.3) is 11.2 Å². The van der Waals surface area contributed by atoms with Gasteiger partial charge in [-0.15, -0.1) is 0 Å². The number of rotatable bonds is 4. The molecule has 1 N–H and O–H groups in total. The SMILES string of the molecule is CCN1CCCC1c1nc2cccnc2n1CC1CCNCC1. The van der Waals surface area contributed by atoms with Gasteiger partial charge in [0.15, 0.2) is 5.65 Å². The second kappa shape index (κ2) is 6.57. The van der Waals surface area contributed by atoms with Gasteiger partial charge < -0.3 is 9.88 Å². The topological polar surface area (TPSA) is 46.0 Å². The minimum absolute atomic E-state index is 0.468. The smallest absolute Gasteiger partial charge is 0.160 e. The summed E-state index contributed by atoms with van der Waals surface area (Å²) in [5, 5.41) is 3.47. The molecule has 2 aromatic heterocycles. The molecule has 0 spiro atoms. The van der Waals surface area contributed by atoms with Crippen LogP contribution in [0.1, 0.15) is 44.5 Å². The Kier molecular flexibility index (Phi) is 4.31. The van der Waals surface area contributed by atoms with Crippen LogP contribution in [-0.4, -0.2) is 45.6 Å². The molecule has 1 atom stereocenters. The highest BCUT2D eigenvalue weighted by atomic mass is 15.2. The van der Waals surface area contributed by atoms with Gasteiger partial charge in [-0.05, 0) is 69.9 Å². The third-order valence-electron chi connectivity index (χ3n) is 5.50. The summed E-state index contributed by atoms with van der Waals surface area (Å²) in [6.45, 7) is 7.92. The number of aromatic nitrogens is 3. The first-order valence-electron chi connectivity index (χ1n) is 9.12. The molecule has 0 saturated carbocycles. The predicted octanol–water partition coefficient (Wildman–Crippen LogP) is 2.59. The quantitative estimate of drug-likeness (QED) is 0.942. The van der Waals surface area contributed by atoms with Crippen molar-refractivity contribution in [3.05, 3.63) is 24.2 Å². The fourth-order valence-electron chi connectivity index (χ4n) is 4.23. The van der Waals surface area contributed by atoms with Gasteiger partial charge in [0.25, 0.3) is 0 Å². The van der Waals surface area contributed by atoms with Gasteiger partial charge in [0.2, 0.25) is 0 Å². The Morgan fingerprint density at radius 3 is 2.96 bits per heavy atom. The zero-order chi connectivity index (χ0) is 15.6. The second-order valence-corrected chi connectivity index (χ2v) is 6.91. The molecule has 1 unspecified atom stereocenters. The van der Waals surface area contributed by atoms with E-state index in [1.54, 1.807) is 0 Å². The molecule has 0 aromatic carbocycles. The average Bonchev–Trinajstić information content (AvgIpc) is 3.20. The largest absolute Gasteiger partial charge is 0.317 e. The van der Waals surface area contributed by atoms with Gasteiger partial charge in [0.05, 0.1) is 6.04 Å². The minimum atomic E-state index is 0.468. The van der Waals surface area contributed by atoms with Crippen molar-refractivity contribution in [1.29, 1.82) is 0 Å². The van der Waals surface area contributed by atoms with Crippen molar-refractivity contribution in [1.82, 2.24) is 24.8 Å². The van der Waals surface area contributed by atoms with E-state index in [4.69, 9.17) is 4.98 Å². The Bertz CT molecular complexity index is 658. The Labute approximate surface area is 138 Å². The van der Waals surface area contributed by atoms with E-state index in [1.165, 1.54) is 38.1 Å². The summed E-state index contributed by atoms with van der Waals surface area (Å²) in [6, 6.07) is 4.58. The van der Waals surface area contributed by atoms with Crippen LogP contribution in [0.3, 0.4) is 0 Å². The lowest BCUT2D eigenvalue weighted by Crippen LogP contribution is -2.31. The number of likely N-dealkylation sites (tertiary alicyclic amines) is 1. The molecule has 0 amide bonds. The van der Waals surface area contributed by atoms with Crippen molar-refractivity contribution >= 4 is 11.2 Å². The van der Waals surface area contributed by atoms with E-state index in [2.05, 4.69) is 32.8 Å². The molecule has 124 valence electrons. The lowest BCUT2D eigenvalue weighted by Gasteiger charge is -2.27. The highest BCUT2D eigenvalue weighted by Gasteiger charge is 2.30. The van der Waals surface area contributed by atoms with E-state index < -0.39 is 0 Å². The fourth-order valence-corrected chi connectivity index (χ4v) is 4.23. The summed E-state index contributed by atoms with van der Waals surface area (Å²) in [7, 11) is 0. The van der Waals surface area contributed by atoms with Crippen molar-refractivity contribution in [2.75, 3.05) is 26.2 Å². The molecule has 5 nitrogen and oxygen atoms in total. The number of hydrogen-bond donors (Lipinski definition) is 1. The number of imidazole rings is 1. The zero-order valence-corrected chi connectivity index (χ0v) is 14.0. The lowest BCUT2D eigenvalue weighted by atomic mass is 9.98. The molecule has 0 radical (unpaired) electrons. The van der Waals surface area contributed by atoms with Gasteiger partial charge in [-0.2, -0.15) is 0 Å². The molecule has 4 heterocycles. The second-order valence-electron chi connectivity index (χ2n) is 6.91. The molecule has 5 heteroatoms. The molecule has 2 fully saturated rings. The van der Waals surface area contributed by atoms with E-state index in [-0.39, 0.29) is 0 Å². The first-order chi connectivity index (χ1) is 11.4. The Balaban J connectivity index is 1.71. The van der Waals surface area contributed by atoms with Crippen molar-refractivity contribution < 1.29 is 0 Å². The Morgan fingerprint density at radius 1 is 1.26 bits per heavy atom. The summed E-state index contributed by atoms with van der Waals surface area (Å²) in [4.78, 5) is 12.2. The van der Waals surface area contributed by atoms with E-state index in [1.807, 2.05) is 12.3 Å². The third-order valence-corrected chi connectivity index (χ3v) is 5.50. The summed E-state index contributed by atoms with van der Waals surface area (Å²) < 4.78 is 2.43. The van der Waals surface area contributed by atoms with Gasteiger partial charge in [-0.25, -0.2) is 9.97 Å². The van der Waals surface area contributed by atoms with E-state index >= 15 is 0 Å². The molecule has 2 aliphatic heterocycles. The van der Waals surface area contributed by atoms with Crippen LogP contribution < -0.4 is 5.32 Å². The van der Waals surface area contributed by atoms with Crippen molar-refractivity contribution in [3.63, 3.8) is 0 Å². The number of pyridine rings is 1. The number of fused-ring (bicyclic) bond motifs is 1. The first-order valence-corrected chi connectivity index (χ1v) is 9.12. The molecule has 4 rings (SSSR count). The van der Waals surface area contributed by atoms with Gasteiger partial charge in [-0.3, -0.25) is 4.90 Å². The van der Waals surface area contributed by atoms with Crippen LogP contribution in [0.15, 0.2) is 18.3 Å². The minimum Gasteiger partial charge on any atom is -0.317 e. The monoisotopic (exact) mass is 313 g/mol. The van der Waals surface area contributed by atoms with Gasteiger partial charge >= 0.3 is 0 Å². The van der Waals surface area contributed by atoms with Crippen LogP contribution in [0.5, 0.6) is 0 Å². The molecule has 2 aromatic rings. The molecule has 2 saturated heterocycles. The maximum atomic E-state index is 5.00. The molecule has 0 bridgehead atoms. The summed E-state index contributed by atoms with van der Waals surface area (Å²) in [5.74, 6) is 1.99. The fraction of sp³-hybridized carbons (Fsp3) is 0.667. The first kappa shape index (κ1) is 15.1.